The third-order valence-electron chi connectivity index (χ3n) is 10.6. The molecule has 7 rings (SSSR count). The summed E-state index contributed by atoms with van der Waals surface area (Å²) in [6, 6.07) is 20.1. The Balaban J connectivity index is 1.25. The number of piperidine rings is 1. The van der Waals surface area contributed by atoms with E-state index in [4.69, 9.17) is 24.2 Å². The van der Waals surface area contributed by atoms with Gasteiger partial charge in [-0.15, -0.1) is 0 Å². The maximum Gasteiger partial charge on any atom is 0.254 e. The molecule has 52 heavy (non-hydrogen) atoms. The van der Waals surface area contributed by atoms with Crippen LogP contribution in [0.2, 0.25) is 0 Å². The van der Waals surface area contributed by atoms with E-state index in [9.17, 15) is 9.18 Å². The maximum absolute atomic E-state index is 14.8. The van der Waals surface area contributed by atoms with Gasteiger partial charge in [-0.1, -0.05) is 51.1 Å². The Morgan fingerprint density at radius 2 is 1.62 bits per heavy atom. The number of ether oxygens (including phenoxy) is 3. The molecule has 1 aliphatic heterocycles. The van der Waals surface area contributed by atoms with Crippen molar-refractivity contribution in [1.29, 1.82) is 0 Å². The fraction of sp³-hybridized carbons (Fsp3) is 0.349. The number of benzene rings is 3. The first-order chi connectivity index (χ1) is 25.1. The maximum atomic E-state index is 14.8. The van der Waals surface area contributed by atoms with Gasteiger partial charge in [-0.2, -0.15) is 0 Å². The monoisotopic (exact) mass is 700 g/mol. The lowest BCUT2D eigenvalue weighted by Crippen LogP contribution is -2.39. The molecule has 1 unspecified atom stereocenters. The van der Waals surface area contributed by atoms with Crippen LogP contribution in [0.15, 0.2) is 72.9 Å². The molecule has 3 aromatic carbocycles. The van der Waals surface area contributed by atoms with Gasteiger partial charge in [0, 0.05) is 36.2 Å². The zero-order chi connectivity index (χ0) is 36.6. The van der Waals surface area contributed by atoms with E-state index < -0.39 is 0 Å². The molecular formula is C43H45FN4O4. The van der Waals surface area contributed by atoms with Crippen LogP contribution in [0.1, 0.15) is 79.0 Å². The SMILES string of the molecule is COc1cc(/C=C2/CC(C(C)(C)C)Cc3c2nc2ccccc2c3C(=O)N2CCC(c3nccc(-c4cccc(F)c4)n3)CC2)cc(OC)c1OC. The van der Waals surface area contributed by atoms with Crippen LogP contribution in [0.5, 0.6) is 17.2 Å². The number of carbonyl (C=O) groups excluding carboxylic acids is 1. The number of likely N-dealkylation sites (tertiary alicyclic amines) is 1. The topological polar surface area (TPSA) is 86.7 Å². The number of allylic oxidation sites excluding steroid dienone is 1. The number of aromatic nitrogens is 3. The highest BCUT2D eigenvalue weighted by atomic mass is 19.1. The van der Waals surface area contributed by atoms with Crippen LogP contribution >= 0.6 is 0 Å². The van der Waals surface area contributed by atoms with Crippen molar-refractivity contribution in [3.63, 3.8) is 0 Å². The van der Waals surface area contributed by atoms with Crippen molar-refractivity contribution in [3.8, 4) is 28.5 Å². The molecule has 3 heterocycles. The molecule has 2 aromatic heterocycles. The molecule has 0 bridgehead atoms. The van der Waals surface area contributed by atoms with Gasteiger partial charge >= 0.3 is 0 Å². The van der Waals surface area contributed by atoms with Crippen LogP contribution in [0.4, 0.5) is 4.39 Å². The number of pyridine rings is 1. The second-order valence-corrected chi connectivity index (χ2v) is 14.8. The van der Waals surface area contributed by atoms with Crippen LogP contribution in [0.25, 0.3) is 33.8 Å². The molecule has 0 spiro atoms. The minimum absolute atomic E-state index is 0.0174. The lowest BCUT2D eigenvalue weighted by atomic mass is 9.68. The highest BCUT2D eigenvalue weighted by molar-refractivity contribution is 6.09. The van der Waals surface area contributed by atoms with Crippen LogP contribution in [-0.4, -0.2) is 60.2 Å². The molecule has 1 aliphatic carbocycles. The standard InChI is InChI=1S/C43H45FN4O4/c1-43(2,3)30-23-29(20-26-21-36(50-4)40(52-6)37(22-26)51-5)39-33(25-30)38(32-12-7-8-13-35(32)46-39)42(49)48-18-15-27(16-19-48)41-45-17-14-34(47-41)28-10-9-11-31(44)24-28/h7-14,17,20-22,24,27,30H,15-16,18-19,23,25H2,1-6H3/b29-20-. The van der Waals surface area contributed by atoms with E-state index in [-0.39, 0.29) is 29.0 Å². The molecule has 1 atom stereocenters. The number of rotatable bonds is 7. The van der Waals surface area contributed by atoms with Crippen LogP contribution in [0.3, 0.4) is 0 Å². The number of para-hydroxylation sites is 1. The van der Waals surface area contributed by atoms with Crippen LogP contribution < -0.4 is 14.2 Å². The summed E-state index contributed by atoms with van der Waals surface area (Å²) in [5.41, 5.74) is 6.79. The van der Waals surface area contributed by atoms with Crippen molar-refractivity contribution >= 4 is 28.5 Å². The van der Waals surface area contributed by atoms with Crippen molar-refractivity contribution in [2.75, 3.05) is 34.4 Å². The molecular weight excluding hydrogens is 655 g/mol. The van der Waals surface area contributed by atoms with Crippen molar-refractivity contribution < 1.29 is 23.4 Å². The summed E-state index contributed by atoms with van der Waals surface area (Å²) in [6.45, 7) is 7.97. The predicted molar refractivity (Wildman–Crippen MR) is 202 cm³/mol. The van der Waals surface area contributed by atoms with E-state index in [1.54, 1.807) is 33.6 Å². The summed E-state index contributed by atoms with van der Waals surface area (Å²) in [4.78, 5) is 31.5. The van der Waals surface area contributed by atoms with E-state index >= 15 is 0 Å². The van der Waals surface area contributed by atoms with Crippen molar-refractivity contribution in [2.24, 2.45) is 11.3 Å². The Morgan fingerprint density at radius 1 is 0.885 bits per heavy atom. The number of carbonyl (C=O) groups is 1. The molecule has 1 amide bonds. The molecule has 0 saturated carbocycles. The highest BCUT2D eigenvalue weighted by Gasteiger charge is 2.37. The largest absolute Gasteiger partial charge is 0.493 e. The molecule has 9 heteroatoms. The quantitative estimate of drug-likeness (QED) is 0.168. The highest BCUT2D eigenvalue weighted by Crippen LogP contribution is 2.46. The number of fused-ring (bicyclic) bond motifs is 2. The Kier molecular flexibility index (Phi) is 9.70. The molecule has 5 aromatic rings. The van der Waals surface area contributed by atoms with Crippen LogP contribution in [-0.2, 0) is 6.42 Å². The van der Waals surface area contributed by atoms with Crippen molar-refractivity contribution in [3.05, 3.63) is 107 Å². The Morgan fingerprint density at radius 3 is 2.29 bits per heavy atom. The zero-order valence-corrected chi connectivity index (χ0v) is 30.7. The average Bonchev–Trinajstić information content (AvgIpc) is 3.16. The average molecular weight is 701 g/mol. The number of hydrogen-bond acceptors (Lipinski definition) is 7. The smallest absolute Gasteiger partial charge is 0.254 e. The van der Waals surface area contributed by atoms with Gasteiger partial charge in [0.05, 0.1) is 43.8 Å². The van der Waals surface area contributed by atoms with Gasteiger partial charge < -0.3 is 19.1 Å². The van der Waals surface area contributed by atoms with E-state index in [0.29, 0.717) is 36.0 Å². The summed E-state index contributed by atoms with van der Waals surface area (Å²) < 4.78 is 30.9. The van der Waals surface area contributed by atoms with Gasteiger partial charge in [-0.3, -0.25) is 4.79 Å². The zero-order valence-electron chi connectivity index (χ0n) is 30.7. The number of methoxy groups -OCH3 is 3. The van der Waals surface area contributed by atoms with Gasteiger partial charge in [-0.05, 0) is 96.2 Å². The summed E-state index contributed by atoms with van der Waals surface area (Å²) >= 11 is 0. The number of halogens is 1. The summed E-state index contributed by atoms with van der Waals surface area (Å²) in [7, 11) is 4.83. The molecule has 0 N–H and O–H groups in total. The molecule has 1 saturated heterocycles. The second kappa shape index (κ2) is 14.4. The molecule has 1 fully saturated rings. The summed E-state index contributed by atoms with van der Waals surface area (Å²) in [5.74, 6) is 2.53. The molecule has 8 nitrogen and oxygen atoms in total. The van der Waals surface area contributed by atoms with E-state index in [2.05, 4.69) is 31.8 Å². The minimum Gasteiger partial charge on any atom is -0.493 e. The second-order valence-electron chi connectivity index (χ2n) is 14.8. The van der Waals surface area contributed by atoms with Crippen LogP contribution in [0, 0.1) is 17.2 Å². The molecule has 0 radical (unpaired) electrons. The lowest BCUT2D eigenvalue weighted by Gasteiger charge is -2.38. The minimum atomic E-state index is -0.298. The Labute approximate surface area is 304 Å². The third kappa shape index (κ3) is 6.84. The van der Waals surface area contributed by atoms with E-state index in [0.717, 1.165) is 75.9 Å². The van der Waals surface area contributed by atoms with Gasteiger partial charge in [-0.25, -0.2) is 19.3 Å². The van der Waals surface area contributed by atoms with Gasteiger partial charge in [0.1, 0.15) is 11.6 Å². The number of nitrogens with zero attached hydrogens (tertiary/aromatic N) is 4. The summed E-state index contributed by atoms with van der Waals surface area (Å²) in [6.07, 6.45) is 6.93. The van der Waals surface area contributed by atoms with Crippen molar-refractivity contribution in [2.45, 2.75) is 52.4 Å². The van der Waals surface area contributed by atoms with Gasteiger partial charge in [0.25, 0.3) is 5.91 Å². The number of hydrogen-bond donors (Lipinski definition) is 0. The first kappa shape index (κ1) is 35.1. The fourth-order valence-electron chi connectivity index (χ4n) is 7.64. The van der Waals surface area contributed by atoms with Crippen molar-refractivity contribution in [1.82, 2.24) is 19.9 Å². The van der Waals surface area contributed by atoms with Gasteiger partial charge in [0.2, 0.25) is 5.75 Å². The van der Waals surface area contributed by atoms with Gasteiger partial charge in [0.15, 0.2) is 11.5 Å². The summed E-state index contributed by atoms with van der Waals surface area (Å²) in [5, 5.41) is 0.876. The number of amides is 1. The Hall–Kier alpha value is -5.31. The molecule has 268 valence electrons. The molecule has 2 aliphatic rings. The van der Waals surface area contributed by atoms with E-state index in [1.807, 2.05) is 53.4 Å². The fourth-order valence-corrected chi connectivity index (χ4v) is 7.64. The first-order valence-electron chi connectivity index (χ1n) is 17.9. The third-order valence-corrected chi connectivity index (χ3v) is 10.6. The first-order valence-corrected chi connectivity index (χ1v) is 17.9. The normalized spacial score (nSPS) is 17.2. The lowest BCUT2D eigenvalue weighted by molar-refractivity contribution is 0.0710. The van der Waals surface area contributed by atoms with E-state index in [1.165, 1.54) is 12.1 Å². The predicted octanol–water partition coefficient (Wildman–Crippen LogP) is 9.03. The Bertz CT molecular complexity index is 2140.